The van der Waals surface area contributed by atoms with Crippen molar-refractivity contribution in [3.8, 4) is 0 Å². The van der Waals surface area contributed by atoms with Crippen LogP contribution in [0.2, 0.25) is 0 Å². The Hall–Kier alpha value is -0.570. The molecule has 0 atom stereocenters. The molecule has 100 valence electrons. The number of hydrogen-bond donors (Lipinski definition) is 1. The Morgan fingerprint density at radius 3 is 2.65 bits per heavy atom. The van der Waals surface area contributed by atoms with Crippen molar-refractivity contribution in [1.29, 1.82) is 0 Å². The number of unbranched alkanes of at least 4 members (excludes halogenated alkanes) is 1. The highest BCUT2D eigenvalue weighted by Crippen LogP contribution is 2.13. The summed E-state index contributed by atoms with van der Waals surface area (Å²) in [6.07, 6.45) is 4.18. The van der Waals surface area contributed by atoms with Crippen molar-refractivity contribution < 1.29 is 4.79 Å². The van der Waals surface area contributed by atoms with Crippen molar-refractivity contribution >= 4 is 5.91 Å². The Kier molecular flexibility index (Phi) is 5.44. The summed E-state index contributed by atoms with van der Waals surface area (Å²) in [6, 6.07) is 0. The van der Waals surface area contributed by atoms with Gasteiger partial charge in [-0.25, -0.2) is 0 Å². The van der Waals surface area contributed by atoms with Crippen molar-refractivity contribution in [2.45, 2.75) is 58.9 Å². The summed E-state index contributed by atoms with van der Waals surface area (Å²) in [5.41, 5.74) is 0.0752. The fourth-order valence-electron chi connectivity index (χ4n) is 2.34. The fraction of sp³-hybridized carbons (Fsp3) is 0.929. The SMILES string of the molecule is CC(C)CCCCC(=O)N1CCNC(C)(C)C1. The van der Waals surface area contributed by atoms with Gasteiger partial charge in [-0.15, -0.1) is 0 Å². The van der Waals surface area contributed by atoms with Crippen molar-refractivity contribution in [2.75, 3.05) is 19.6 Å². The van der Waals surface area contributed by atoms with Crippen LogP contribution in [0.15, 0.2) is 0 Å². The number of rotatable bonds is 5. The number of carbonyl (C=O) groups is 1. The monoisotopic (exact) mass is 240 g/mol. The Morgan fingerprint density at radius 2 is 2.06 bits per heavy atom. The van der Waals surface area contributed by atoms with E-state index in [2.05, 4.69) is 33.0 Å². The second kappa shape index (κ2) is 6.39. The first-order valence-electron chi connectivity index (χ1n) is 6.93. The van der Waals surface area contributed by atoms with Crippen LogP contribution in [0, 0.1) is 5.92 Å². The van der Waals surface area contributed by atoms with Crippen LogP contribution in [-0.4, -0.2) is 36.0 Å². The van der Waals surface area contributed by atoms with Gasteiger partial charge in [-0.3, -0.25) is 4.79 Å². The van der Waals surface area contributed by atoms with Crippen LogP contribution in [0.4, 0.5) is 0 Å². The maximum absolute atomic E-state index is 12.0. The molecule has 1 heterocycles. The Labute approximate surface area is 106 Å². The molecule has 0 aromatic rings. The highest BCUT2D eigenvalue weighted by atomic mass is 16.2. The normalized spacial score (nSPS) is 19.7. The first kappa shape index (κ1) is 14.5. The van der Waals surface area contributed by atoms with Crippen LogP contribution in [0.3, 0.4) is 0 Å². The van der Waals surface area contributed by atoms with Crippen LogP contribution < -0.4 is 5.32 Å². The molecular formula is C14H28N2O. The van der Waals surface area contributed by atoms with Crippen LogP contribution >= 0.6 is 0 Å². The lowest BCUT2D eigenvalue weighted by Crippen LogP contribution is -2.58. The van der Waals surface area contributed by atoms with Gasteiger partial charge in [0.25, 0.3) is 0 Å². The first-order chi connectivity index (χ1) is 7.91. The van der Waals surface area contributed by atoms with Gasteiger partial charge in [0.1, 0.15) is 0 Å². The van der Waals surface area contributed by atoms with Gasteiger partial charge in [0.05, 0.1) is 0 Å². The van der Waals surface area contributed by atoms with Crippen LogP contribution in [-0.2, 0) is 4.79 Å². The molecule has 1 rings (SSSR count). The summed E-state index contributed by atoms with van der Waals surface area (Å²) in [6.45, 7) is 11.4. The summed E-state index contributed by atoms with van der Waals surface area (Å²) < 4.78 is 0. The average molecular weight is 240 g/mol. The molecule has 0 aromatic heterocycles. The van der Waals surface area contributed by atoms with E-state index < -0.39 is 0 Å². The number of amides is 1. The van der Waals surface area contributed by atoms with Gasteiger partial charge in [-0.1, -0.05) is 26.7 Å². The zero-order valence-corrected chi connectivity index (χ0v) is 11.9. The standard InChI is InChI=1S/C14H28N2O/c1-12(2)7-5-6-8-13(17)16-10-9-15-14(3,4)11-16/h12,15H,5-11H2,1-4H3. The molecule has 0 radical (unpaired) electrons. The highest BCUT2D eigenvalue weighted by molar-refractivity contribution is 5.76. The predicted octanol–water partition coefficient (Wildman–Crippen LogP) is 2.41. The minimum absolute atomic E-state index is 0.0752. The van der Waals surface area contributed by atoms with Gasteiger partial charge in [0, 0.05) is 31.6 Å². The van der Waals surface area contributed by atoms with Crippen molar-refractivity contribution in [2.24, 2.45) is 5.92 Å². The Morgan fingerprint density at radius 1 is 1.35 bits per heavy atom. The second-order valence-electron chi connectivity index (χ2n) is 6.27. The third kappa shape index (κ3) is 5.53. The van der Waals surface area contributed by atoms with E-state index in [-0.39, 0.29) is 5.54 Å². The van der Waals surface area contributed by atoms with E-state index in [0.717, 1.165) is 38.4 Å². The number of piperazine rings is 1. The van der Waals surface area contributed by atoms with Gasteiger partial charge in [0.15, 0.2) is 0 Å². The minimum atomic E-state index is 0.0752. The van der Waals surface area contributed by atoms with E-state index in [9.17, 15) is 4.79 Å². The Balaban J connectivity index is 2.23. The largest absolute Gasteiger partial charge is 0.340 e. The second-order valence-corrected chi connectivity index (χ2v) is 6.27. The topological polar surface area (TPSA) is 32.3 Å². The molecule has 0 unspecified atom stereocenters. The van der Waals surface area contributed by atoms with Crippen LogP contribution in [0.25, 0.3) is 0 Å². The summed E-state index contributed by atoms with van der Waals surface area (Å²) >= 11 is 0. The van der Waals surface area contributed by atoms with E-state index in [1.54, 1.807) is 0 Å². The van der Waals surface area contributed by atoms with E-state index in [1.807, 2.05) is 4.90 Å². The highest BCUT2D eigenvalue weighted by Gasteiger charge is 2.27. The molecule has 0 aromatic carbocycles. The molecule has 1 amide bonds. The van der Waals surface area contributed by atoms with Gasteiger partial charge in [-0.2, -0.15) is 0 Å². The Bertz CT molecular complexity index is 249. The lowest BCUT2D eigenvalue weighted by atomic mass is 10.0. The van der Waals surface area contributed by atoms with E-state index >= 15 is 0 Å². The first-order valence-corrected chi connectivity index (χ1v) is 6.93. The summed E-state index contributed by atoms with van der Waals surface area (Å²) in [5, 5.41) is 3.43. The van der Waals surface area contributed by atoms with Crippen LogP contribution in [0.1, 0.15) is 53.4 Å². The molecule has 1 aliphatic heterocycles. The summed E-state index contributed by atoms with van der Waals surface area (Å²) in [7, 11) is 0. The zero-order chi connectivity index (χ0) is 12.9. The molecule has 1 fully saturated rings. The third-order valence-electron chi connectivity index (χ3n) is 3.35. The lowest BCUT2D eigenvalue weighted by Gasteiger charge is -2.39. The van der Waals surface area contributed by atoms with E-state index in [1.165, 1.54) is 12.8 Å². The van der Waals surface area contributed by atoms with Gasteiger partial charge < -0.3 is 10.2 Å². The molecule has 3 nitrogen and oxygen atoms in total. The average Bonchev–Trinajstić information content (AvgIpc) is 2.22. The maximum atomic E-state index is 12.0. The molecule has 1 aliphatic rings. The molecule has 0 saturated carbocycles. The van der Waals surface area contributed by atoms with Gasteiger partial charge in [0.2, 0.25) is 5.91 Å². The van der Waals surface area contributed by atoms with Gasteiger partial charge >= 0.3 is 0 Å². The molecule has 3 heteroatoms. The maximum Gasteiger partial charge on any atom is 0.222 e. The van der Waals surface area contributed by atoms with Crippen molar-refractivity contribution in [3.05, 3.63) is 0 Å². The quantitative estimate of drug-likeness (QED) is 0.749. The van der Waals surface area contributed by atoms with E-state index in [4.69, 9.17) is 0 Å². The molecule has 0 aliphatic carbocycles. The molecule has 0 bridgehead atoms. The summed E-state index contributed by atoms with van der Waals surface area (Å²) in [5.74, 6) is 1.09. The fourth-order valence-corrected chi connectivity index (χ4v) is 2.34. The minimum Gasteiger partial charge on any atom is -0.340 e. The van der Waals surface area contributed by atoms with Crippen molar-refractivity contribution in [3.63, 3.8) is 0 Å². The summed E-state index contributed by atoms with van der Waals surface area (Å²) in [4.78, 5) is 14.0. The smallest absolute Gasteiger partial charge is 0.222 e. The number of nitrogens with one attached hydrogen (secondary N) is 1. The van der Waals surface area contributed by atoms with Crippen LogP contribution in [0.5, 0.6) is 0 Å². The lowest BCUT2D eigenvalue weighted by molar-refractivity contribution is -0.133. The van der Waals surface area contributed by atoms with E-state index in [0.29, 0.717) is 5.91 Å². The molecule has 0 spiro atoms. The number of carbonyl (C=O) groups excluding carboxylic acids is 1. The van der Waals surface area contributed by atoms with Gasteiger partial charge in [-0.05, 0) is 26.2 Å². The predicted molar refractivity (Wildman–Crippen MR) is 72.0 cm³/mol. The molecule has 17 heavy (non-hydrogen) atoms. The third-order valence-corrected chi connectivity index (χ3v) is 3.35. The zero-order valence-electron chi connectivity index (χ0n) is 11.9. The molecule has 1 N–H and O–H groups in total. The molecule has 1 saturated heterocycles. The molecular weight excluding hydrogens is 212 g/mol. The van der Waals surface area contributed by atoms with Crippen molar-refractivity contribution in [1.82, 2.24) is 10.2 Å². The number of hydrogen-bond acceptors (Lipinski definition) is 2. The number of nitrogens with zero attached hydrogens (tertiary/aromatic N) is 1.